The SMILES string of the molecule is C=CC.C=CCOc1ccc(C2(c3ccc(O)cc3)CCCCC2)cc1. The van der Waals surface area contributed by atoms with Crippen molar-refractivity contribution < 1.29 is 9.84 Å². The average molecular weight is 351 g/mol. The summed E-state index contributed by atoms with van der Waals surface area (Å²) in [5.74, 6) is 1.21. The van der Waals surface area contributed by atoms with Crippen LogP contribution in [0.1, 0.15) is 50.2 Å². The van der Waals surface area contributed by atoms with Crippen LogP contribution in [0.25, 0.3) is 0 Å². The van der Waals surface area contributed by atoms with Crippen molar-refractivity contribution in [1.82, 2.24) is 0 Å². The Balaban J connectivity index is 0.000000758. The van der Waals surface area contributed by atoms with Gasteiger partial charge in [-0.25, -0.2) is 0 Å². The Hall–Kier alpha value is -2.48. The van der Waals surface area contributed by atoms with E-state index in [4.69, 9.17) is 4.74 Å². The summed E-state index contributed by atoms with van der Waals surface area (Å²) >= 11 is 0. The Morgan fingerprint density at radius 3 is 1.92 bits per heavy atom. The molecule has 0 bridgehead atoms. The van der Waals surface area contributed by atoms with E-state index in [1.807, 2.05) is 6.92 Å². The van der Waals surface area contributed by atoms with Crippen molar-refractivity contribution >= 4 is 0 Å². The molecule has 2 heteroatoms. The van der Waals surface area contributed by atoms with E-state index < -0.39 is 0 Å². The topological polar surface area (TPSA) is 29.5 Å². The van der Waals surface area contributed by atoms with Crippen LogP contribution >= 0.6 is 0 Å². The number of benzene rings is 2. The van der Waals surface area contributed by atoms with E-state index in [2.05, 4.69) is 49.6 Å². The molecule has 0 aliphatic heterocycles. The van der Waals surface area contributed by atoms with E-state index in [9.17, 15) is 5.11 Å². The fourth-order valence-electron chi connectivity index (χ4n) is 3.71. The van der Waals surface area contributed by atoms with E-state index in [1.165, 1.54) is 30.4 Å². The summed E-state index contributed by atoms with van der Waals surface area (Å²) in [6.45, 7) is 9.46. The molecule has 0 radical (unpaired) electrons. The normalized spacial score (nSPS) is 15.3. The zero-order valence-electron chi connectivity index (χ0n) is 15.8. The van der Waals surface area contributed by atoms with Gasteiger partial charge < -0.3 is 9.84 Å². The summed E-state index contributed by atoms with van der Waals surface area (Å²) in [5.41, 5.74) is 2.70. The highest BCUT2D eigenvalue weighted by molar-refractivity contribution is 5.43. The predicted molar refractivity (Wildman–Crippen MR) is 110 cm³/mol. The molecular formula is C24H30O2. The van der Waals surface area contributed by atoms with E-state index in [0.29, 0.717) is 12.4 Å². The maximum absolute atomic E-state index is 9.60. The predicted octanol–water partition coefficient (Wildman–Crippen LogP) is 6.40. The fourth-order valence-corrected chi connectivity index (χ4v) is 3.71. The molecule has 1 saturated carbocycles. The molecule has 0 atom stereocenters. The molecule has 2 nitrogen and oxygen atoms in total. The first-order chi connectivity index (χ1) is 12.7. The molecule has 138 valence electrons. The maximum Gasteiger partial charge on any atom is 0.119 e. The minimum absolute atomic E-state index is 0.0584. The zero-order valence-corrected chi connectivity index (χ0v) is 15.8. The molecule has 26 heavy (non-hydrogen) atoms. The lowest BCUT2D eigenvalue weighted by molar-refractivity contribution is 0.343. The maximum atomic E-state index is 9.60. The summed E-state index contributed by atoms with van der Waals surface area (Å²) in [6, 6.07) is 16.2. The van der Waals surface area contributed by atoms with Crippen molar-refractivity contribution in [2.45, 2.75) is 44.4 Å². The van der Waals surface area contributed by atoms with Gasteiger partial charge in [0.25, 0.3) is 0 Å². The molecule has 0 aromatic heterocycles. The van der Waals surface area contributed by atoms with Gasteiger partial charge in [-0.15, -0.1) is 6.58 Å². The summed E-state index contributed by atoms with van der Waals surface area (Å²) in [6.07, 6.45) is 9.62. The molecule has 1 N–H and O–H groups in total. The Morgan fingerprint density at radius 2 is 1.42 bits per heavy atom. The van der Waals surface area contributed by atoms with E-state index >= 15 is 0 Å². The number of ether oxygens (including phenoxy) is 1. The molecular weight excluding hydrogens is 320 g/mol. The number of phenols is 1. The second-order valence-electron chi connectivity index (χ2n) is 6.72. The van der Waals surface area contributed by atoms with Gasteiger partial charge in [-0.2, -0.15) is 0 Å². The van der Waals surface area contributed by atoms with E-state index in [0.717, 1.165) is 18.6 Å². The van der Waals surface area contributed by atoms with E-state index in [1.54, 1.807) is 24.3 Å². The zero-order chi connectivity index (χ0) is 18.8. The molecule has 3 rings (SSSR count). The van der Waals surface area contributed by atoms with Crippen LogP contribution in [0.2, 0.25) is 0 Å². The van der Waals surface area contributed by atoms with Gasteiger partial charge in [-0.3, -0.25) is 0 Å². The van der Waals surface area contributed by atoms with Crippen LogP contribution < -0.4 is 4.74 Å². The third-order valence-corrected chi connectivity index (χ3v) is 4.90. The molecule has 1 aliphatic rings. The smallest absolute Gasteiger partial charge is 0.119 e. The standard InChI is InChI=1S/C21H24O2.C3H6/c1-2-16-23-20-12-8-18(9-13-20)21(14-4-3-5-15-21)17-6-10-19(22)11-7-17;1-3-2/h2,6-13,22H,1,3-5,14-16H2;3H,1H2,2H3. The first-order valence-electron chi connectivity index (χ1n) is 9.37. The molecule has 0 unspecified atom stereocenters. The fraction of sp³-hybridized carbons (Fsp3) is 0.333. The first kappa shape index (κ1) is 19.8. The van der Waals surface area contributed by atoms with Crippen LogP contribution in [-0.4, -0.2) is 11.7 Å². The van der Waals surface area contributed by atoms with Gasteiger partial charge in [0, 0.05) is 5.41 Å². The lowest BCUT2D eigenvalue weighted by Gasteiger charge is -2.38. The molecule has 2 aromatic rings. The molecule has 1 fully saturated rings. The first-order valence-corrected chi connectivity index (χ1v) is 9.37. The van der Waals surface area contributed by atoms with Crippen LogP contribution in [0.3, 0.4) is 0 Å². The van der Waals surface area contributed by atoms with E-state index in [-0.39, 0.29) is 5.41 Å². The van der Waals surface area contributed by atoms with Crippen molar-refractivity contribution in [2.24, 2.45) is 0 Å². The third kappa shape index (κ3) is 4.78. The molecule has 0 spiro atoms. The lowest BCUT2D eigenvalue weighted by Crippen LogP contribution is -2.30. The Bertz CT molecular complexity index is 677. The number of allylic oxidation sites excluding steroid dienone is 1. The van der Waals surface area contributed by atoms with Gasteiger partial charge in [0.15, 0.2) is 0 Å². The highest BCUT2D eigenvalue weighted by Gasteiger charge is 2.35. The van der Waals surface area contributed by atoms with Gasteiger partial charge >= 0.3 is 0 Å². The minimum atomic E-state index is 0.0584. The monoisotopic (exact) mass is 350 g/mol. The number of hydrogen-bond acceptors (Lipinski definition) is 2. The Kier molecular flexibility index (Phi) is 7.53. The summed E-state index contributed by atoms with van der Waals surface area (Å²) < 4.78 is 5.60. The summed E-state index contributed by atoms with van der Waals surface area (Å²) in [4.78, 5) is 0. The summed E-state index contributed by atoms with van der Waals surface area (Å²) in [7, 11) is 0. The van der Waals surface area contributed by atoms with Crippen molar-refractivity contribution in [3.8, 4) is 11.5 Å². The second-order valence-corrected chi connectivity index (χ2v) is 6.72. The highest BCUT2D eigenvalue weighted by atomic mass is 16.5. The highest BCUT2D eigenvalue weighted by Crippen LogP contribution is 2.45. The van der Waals surface area contributed by atoms with Gasteiger partial charge in [-0.05, 0) is 55.2 Å². The molecule has 0 heterocycles. The average Bonchev–Trinajstić information content (AvgIpc) is 2.68. The third-order valence-electron chi connectivity index (χ3n) is 4.90. The van der Waals surface area contributed by atoms with Crippen LogP contribution in [0.5, 0.6) is 11.5 Å². The van der Waals surface area contributed by atoms with Crippen LogP contribution in [0, 0.1) is 0 Å². The second kappa shape index (κ2) is 9.86. The van der Waals surface area contributed by atoms with Gasteiger partial charge in [0.05, 0.1) is 0 Å². The summed E-state index contributed by atoms with van der Waals surface area (Å²) in [5, 5.41) is 9.60. The van der Waals surface area contributed by atoms with Crippen molar-refractivity contribution in [2.75, 3.05) is 6.61 Å². The van der Waals surface area contributed by atoms with Crippen molar-refractivity contribution in [3.05, 3.63) is 85.0 Å². The lowest BCUT2D eigenvalue weighted by atomic mass is 9.65. The largest absolute Gasteiger partial charge is 0.508 e. The van der Waals surface area contributed by atoms with Crippen LogP contribution in [-0.2, 0) is 5.41 Å². The Morgan fingerprint density at radius 1 is 0.923 bits per heavy atom. The minimum Gasteiger partial charge on any atom is -0.508 e. The number of hydrogen-bond donors (Lipinski definition) is 1. The number of rotatable bonds is 5. The van der Waals surface area contributed by atoms with Gasteiger partial charge in [0.2, 0.25) is 0 Å². The van der Waals surface area contributed by atoms with Crippen molar-refractivity contribution in [1.29, 1.82) is 0 Å². The van der Waals surface area contributed by atoms with Crippen LogP contribution in [0.15, 0.2) is 73.8 Å². The molecule has 0 amide bonds. The number of aromatic hydroxyl groups is 1. The number of phenolic OH excluding ortho intramolecular Hbond substituents is 1. The van der Waals surface area contributed by atoms with Crippen molar-refractivity contribution in [3.63, 3.8) is 0 Å². The quantitative estimate of drug-likeness (QED) is 0.632. The molecule has 1 aliphatic carbocycles. The van der Waals surface area contributed by atoms with Crippen LogP contribution in [0.4, 0.5) is 0 Å². The Labute approximate surface area is 157 Å². The van der Waals surface area contributed by atoms with Gasteiger partial charge in [0.1, 0.15) is 18.1 Å². The van der Waals surface area contributed by atoms with Gasteiger partial charge in [-0.1, -0.05) is 62.3 Å². The molecule has 0 saturated heterocycles. The molecule has 2 aromatic carbocycles.